The van der Waals surface area contributed by atoms with Crippen LogP contribution in [0.15, 0.2) is 36.4 Å². The molecule has 0 spiro atoms. The first kappa shape index (κ1) is 16.3. The number of nitrogens with zero attached hydrogens (tertiary/aromatic N) is 1. The summed E-state index contributed by atoms with van der Waals surface area (Å²) in [5, 5.41) is 0. The number of hydrogen-bond acceptors (Lipinski definition) is 3. The summed E-state index contributed by atoms with van der Waals surface area (Å²) in [7, 11) is 3.21. The van der Waals surface area contributed by atoms with E-state index in [1.54, 1.807) is 14.2 Å². The van der Waals surface area contributed by atoms with Crippen molar-refractivity contribution < 1.29 is 18.7 Å². The van der Waals surface area contributed by atoms with Crippen molar-refractivity contribution in [1.29, 1.82) is 0 Å². The zero-order valence-corrected chi connectivity index (χ0v) is 14.0. The number of amides is 1. The molecule has 1 atom stereocenters. The predicted molar refractivity (Wildman–Crippen MR) is 89.1 cm³/mol. The fraction of sp³-hybridized carbons (Fsp3) is 0.316. The minimum Gasteiger partial charge on any atom is -0.493 e. The molecule has 0 saturated carbocycles. The van der Waals surface area contributed by atoms with Crippen LogP contribution >= 0.6 is 0 Å². The topological polar surface area (TPSA) is 38.8 Å². The number of halogens is 1. The molecule has 0 radical (unpaired) electrons. The highest BCUT2D eigenvalue weighted by atomic mass is 19.1. The fourth-order valence-electron chi connectivity index (χ4n) is 3.18. The molecular formula is C19H20FNO3. The first-order chi connectivity index (χ1) is 11.5. The molecule has 1 aliphatic heterocycles. The zero-order chi connectivity index (χ0) is 17.3. The number of ether oxygens (including phenoxy) is 2. The van der Waals surface area contributed by atoms with Crippen LogP contribution < -0.4 is 9.47 Å². The third-order valence-electron chi connectivity index (χ3n) is 4.54. The standard InChI is InChI=1S/C19H20FNO3/c1-12-16-11-18(24-3)17(23-2)10-14(16)8-9-21(12)19(22)13-4-6-15(20)7-5-13/h4-7,10-12H,8-9H2,1-3H3. The van der Waals surface area contributed by atoms with E-state index in [-0.39, 0.29) is 17.8 Å². The maximum absolute atomic E-state index is 13.1. The molecule has 0 bridgehead atoms. The summed E-state index contributed by atoms with van der Waals surface area (Å²) < 4.78 is 23.8. The maximum atomic E-state index is 13.1. The van der Waals surface area contributed by atoms with E-state index in [0.717, 1.165) is 17.5 Å². The molecule has 1 heterocycles. The number of fused-ring (bicyclic) bond motifs is 1. The lowest BCUT2D eigenvalue weighted by Crippen LogP contribution is -2.38. The van der Waals surface area contributed by atoms with E-state index in [1.807, 2.05) is 24.0 Å². The average Bonchev–Trinajstić information content (AvgIpc) is 2.61. The quantitative estimate of drug-likeness (QED) is 0.863. The van der Waals surface area contributed by atoms with Crippen molar-refractivity contribution in [2.45, 2.75) is 19.4 Å². The number of carbonyl (C=O) groups excluding carboxylic acids is 1. The van der Waals surface area contributed by atoms with E-state index < -0.39 is 0 Å². The lowest BCUT2D eigenvalue weighted by Gasteiger charge is -2.36. The van der Waals surface area contributed by atoms with Crippen molar-refractivity contribution in [1.82, 2.24) is 4.90 Å². The molecule has 126 valence electrons. The lowest BCUT2D eigenvalue weighted by atomic mass is 9.92. The molecular weight excluding hydrogens is 309 g/mol. The normalized spacial score (nSPS) is 16.5. The van der Waals surface area contributed by atoms with E-state index in [2.05, 4.69) is 0 Å². The summed E-state index contributed by atoms with van der Waals surface area (Å²) in [6.07, 6.45) is 0.743. The zero-order valence-electron chi connectivity index (χ0n) is 14.0. The van der Waals surface area contributed by atoms with Crippen LogP contribution in [-0.2, 0) is 6.42 Å². The molecule has 2 aromatic carbocycles. The van der Waals surface area contributed by atoms with Crippen molar-refractivity contribution in [3.63, 3.8) is 0 Å². The Morgan fingerprint density at radius 2 is 1.75 bits per heavy atom. The molecule has 1 unspecified atom stereocenters. The van der Waals surface area contributed by atoms with Gasteiger partial charge in [-0.25, -0.2) is 4.39 Å². The Labute approximate surface area is 140 Å². The van der Waals surface area contributed by atoms with Gasteiger partial charge in [0, 0.05) is 12.1 Å². The van der Waals surface area contributed by atoms with Crippen molar-refractivity contribution >= 4 is 5.91 Å². The third kappa shape index (κ3) is 2.82. The Morgan fingerprint density at radius 3 is 2.38 bits per heavy atom. The van der Waals surface area contributed by atoms with Crippen LogP contribution in [0.4, 0.5) is 4.39 Å². The Hall–Kier alpha value is -2.56. The highest BCUT2D eigenvalue weighted by Crippen LogP contribution is 2.38. The van der Waals surface area contributed by atoms with Crippen LogP contribution in [0.1, 0.15) is 34.5 Å². The van der Waals surface area contributed by atoms with Crippen molar-refractivity contribution in [2.24, 2.45) is 0 Å². The van der Waals surface area contributed by atoms with E-state index >= 15 is 0 Å². The smallest absolute Gasteiger partial charge is 0.254 e. The van der Waals surface area contributed by atoms with Crippen LogP contribution in [-0.4, -0.2) is 31.6 Å². The van der Waals surface area contributed by atoms with Crippen LogP contribution in [0.5, 0.6) is 11.5 Å². The molecule has 0 N–H and O–H groups in total. The Balaban J connectivity index is 1.92. The molecule has 0 aliphatic carbocycles. The van der Waals surface area contributed by atoms with Crippen LogP contribution in [0.3, 0.4) is 0 Å². The lowest BCUT2D eigenvalue weighted by molar-refractivity contribution is 0.0677. The molecule has 0 saturated heterocycles. The Kier molecular flexibility index (Phi) is 4.42. The number of carbonyl (C=O) groups is 1. The van der Waals surface area contributed by atoms with Crippen molar-refractivity contribution in [3.05, 3.63) is 58.9 Å². The van der Waals surface area contributed by atoms with E-state index in [0.29, 0.717) is 23.6 Å². The van der Waals surface area contributed by atoms with Gasteiger partial charge >= 0.3 is 0 Å². The average molecular weight is 329 g/mol. The van der Waals surface area contributed by atoms with Crippen LogP contribution in [0.25, 0.3) is 0 Å². The SMILES string of the molecule is COc1cc2c(cc1OC)C(C)N(C(=O)c1ccc(F)cc1)CC2. The van der Waals surface area contributed by atoms with Crippen molar-refractivity contribution in [2.75, 3.05) is 20.8 Å². The highest BCUT2D eigenvalue weighted by Gasteiger charge is 2.29. The summed E-state index contributed by atoms with van der Waals surface area (Å²) in [4.78, 5) is 14.6. The van der Waals surface area contributed by atoms with Gasteiger partial charge in [0.1, 0.15) is 5.82 Å². The third-order valence-corrected chi connectivity index (χ3v) is 4.54. The molecule has 0 aromatic heterocycles. The summed E-state index contributed by atoms with van der Waals surface area (Å²) in [6.45, 7) is 2.60. The predicted octanol–water partition coefficient (Wildman–Crippen LogP) is 3.60. The molecule has 24 heavy (non-hydrogen) atoms. The van der Waals surface area contributed by atoms with E-state index in [1.165, 1.54) is 24.3 Å². The van der Waals surface area contributed by atoms with Gasteiger partial charge < -0.3 is 14.4 Å². The minimum atomic E-state index is -0.347. The van der Waals surface area contributed by atoms with Gasteiger partial charge in [-0.1, -0.05) is 0 Å². The fourth-order valence-corrected chi connectivity index (χ4v) is 3.18. The van der Waals surface area contributed by atoms with Gasteiger partial charge in [-0.15, -0.1) is 0 Å². The van der Waals surface area contributed by atoms with Gasteiger partial charge in [0.2, 0.25) is 0 Å². The van der Waals surface area contributed by atoms with Gasteiger partial charge in [0.05, 0.1) is 20.3 Å². The summed E-state index contributed by atoms with van der Waals surface area (Å²) >= 11 is 0. The summed E-state index contributed by atoms with van der Waals surface area (Å²) in [5.41, 5.74) is 2.70. The van der Waals surface area contributed by atoms with Gasteiger partial charge in [0.25, 0.3) is 5.91 Å². The molecule has 4 nitrogen and oxygen atoms in total. The monoisotopic (exact) mass is 329 g/mol. The number of benzene rings is 2. The van der Waals surface area contributed by atoms with Gasteiger partial charge in [0.15, 0.2) is 11.5 Å². The second kappa shape index (κ2) is 6.51. The van der Waals surface area contributed by atoms with Crippen LogP contribution in [0, 0.1) is 5.82 Å². The Bertz CT molecular complexity index is 758. The largest absolute Gasteiger partial charge is 0.493 e. The highest BCUT2D eigenvalue weighted by molar-refractivity contribution is 5.94. The molecule has 5 heteroatoms. The minimum absolute atomic E-state index is 0.0916. The maximum Gasteiger partial charge on any atom is 0.254 e. The molecule has 1 aliphatic rings. The molecule has 0 fully saturated rings. The number of hydrogen-bond donors (Lipinski definition) is 0. The Morgan fingerprint density at radius 1 is 1.12 bits per heavy atom. The summed E-state index contributed by atoms with van der Waals surface area (Å²) in [6, 6.07) is 9.48. The molecule has 3 rings (SSSR count). The van der Waals surface area contributed by atoms with Gasteiger partial charge in [-0.2, -0.15) is 0 Å². The summed E-state index contributed by atoms with van der Waals surface area (Å²) in [5.74, 6) is 0.907. The first-order valence-electron chi connectivity index (χ1n) is 7.86. The first-order valence-corrected chi connectivity index (χ1v) is 7.86. The molecule has 1 amide bonds. The van der Waals surface area contributed by atoms with Crippen LogP contribution in [0.2, 0.25) is 0 Å². The number of methoxy groups -OCH3 is 2. The van der Waals surface area contributed by atoms with E-state index in [9.17, 15) is 9.18 Å². The van der Waals surface area contributed by atoms with E-state index in [4.69, 9.17) is 9.47 Å². The second-order valence-corrected chi connectivity index (χ2v) is 5.84. The molecule has 2 aromatic rings. The van der Waals surface area contributed by atoms with Crippen molar-refractivity contribution in [3.8, 4) is 11.5 Å². The van der Waals surface area contributed by atoms with Gasteiger partial charge in [-0.3, -0.25) is 4.79 Å². The number of rotatable bonds is 3. The van der Waals surface area contributed by atoms with Gasteiger partial charge in [-0.05, 0) is 60.9 Å². The second-order valence-electron chi connectivity index (χ2n) is 5.84.